The van der Waals surface area contributed by atoms with Gasteiger partial charge in [0.15, 0.2) is 0 Å². The number of hydrogen-bond donors (Lipinski definition) is 1. The summed E-state index contributed by atoms with van der Waals surface area (Å²) in [6.07, 6.45) is 0.762. The van der Waals surface area contributed by atoms with Gasteiger partial charge in [-0.3, -0.25) is 4.79 Å². The molecule has 3 amide bonds. The van der Waals surface area contributed by atoms with Gasteiger partial charge in [0.1, 0.15) is 12.4 Å². The third-order valence-corrected chi connectivity index (χ3v) is 6.35. The number of nitrogens with one attached hydrogen (secondary N) is 1. The minimum atomic E-state index is -0.575. The number of hydrogen-bond acceptors (Lipinski definition) is 2. The molecule has 0 spiro atoms. The second kappa shape index (κ2) is 7.65. The molecule has 0 aliphatic carbocycles. The summed E-state index contributed by atoms with van der Waals surface area (Å²) < 4.78 is 15.2. The summed E-state index contributed by atoms with van der Waals surface area (Å²) in [4.78, 5) is 28.6. The Morgan fingerprint density at radius 2 is 2.04 bits per heavy atom. The molecule has 0 aromatic heterocycles. The number of amides is 3. The fourth-order valence-corrected chi connectivity index (χ4v) is 5.15. The van der Waals surface area contributed by atoms with Gasteiger partial charge in [-0.15, -0.1) is 0 Å². The van der Waals surface area contributed by atoms with Crippen LogP contribution in [0.1, 0.15) is 17.2 Å². The van der Waals surface area contributed by atoms with E-state index in [0.29, 0.717) is 27.1 Å². The summed E-state index contributed by atoms with van der Waals surface area (Å²) in [5.74, 6) is -0.707. The Hall–Kier alpha value is -1.64. The molecule has 2 aromatic carbocycles. The fourth-order valence-electron chi connectivity index (χ4n) is 3.69. The summed E-state index contributed by atoms with van der Waals surface area (Å²) in [6, 6.07) is 7.78. The first-order valence-corrected chi connectivity index (χ1v) is 10.6. The van der Waals surface area contributed by atoms with Crippen LogP contribution in [0.3, 0.4) is 0 Å². The summed E-state index contributed by atoms with van der Waals surface area (Å²) in [7, 11) is 0. The maximum Gasteiger partial charge on any atom is 0.322 e. The van der Waals surface area contributed by atoms with Gasteiger partial charge in [0.05, 0.1) is 11.7 Å². The first kappa shape index (κ1) is 19.7. The van der Waals surface area contributed by atoms with E-state index < -0.39 is 11.8 Å². The Balaban J connectivity index is 1.59. The largest absolute Gasteiger partial charge is 0.332 e. The smallest absolute Gasteiger partial charge is 0.322 e. The molecule has 1 N–H and O–H groups in total. The Morgan fingerprint density at radius 3 is 2.79 bits per heavy atom. The van der Waals surface area contributed by atoms with Crippen molar-refractivity contribution in [1.29, 1.82) is 0 Å². The zero-order valence-corrected chi connectivity index (χ0v) is 18.4. The Labute approximate surface area is 183 Å². The zero-order valence-electron chi connectivity index (χ0n) is 14.5. The van der Waals surface area contributed by atoms with Crippen LogP contribution in [0.4, 0.5) is 14.9 Å². The molecule has 1 saturated heterocycles. The number of anilines is 1. The Morgan fingerprint density at radius 1 is 1.25 bits per heavy atom. The minimum Gasteiger partial charge on any atom is -0.332 e. The molecule has 2 aliphatic rings. The van der Waals surface area contributed by atoms with Gasteiger partial charge in [-0.05, 0) is 57.7 Å². The van der Waals surface area contributed by atoms with Crippen molar-refractivity contribution in [3.63, 3.8) is 0 Å². The van der Waals surface area contributed by atoms with Crippen LogP contribution in [0.25, 0.3) is 0 Å². The number of carbonyl (C=O) groups excluding carboxylic acids is 2. The molecule has 2 heterocycles. The number of urea groups is 1. The van der Waals surface area contributed by atoms with E-state index in [1.165, 1.54) is 11.0 Å². The summed E-state index contributed by atoms with van der Waals surface area (Å²) in [5, 5.41) is 3.17. The molecule has 1 unspecified atom stereocenters. The molecular weight excluding hydrogens is 516 g/mol. The zero-order chi connectivity index (χ0) is 20.0. The normalized spacial score (nSPS) is 18.6. The van der Waals surface area contributed by atoms with Gasteiger partial charge in [-0.25, -0.2) is 9.18 Å². The molecule has 1 atom stereocenters. The summed E-state index contributed by atoms with van der Waals surface area (Å²) in [5.41, 5.74) is 2.12. The van der Waals surface area contributed by atoms with E-state index in [1.807, 2.05) is 18.2 Å². The number of nitrogens with zero attached hydrogens (tertiary/aromatic N) is 2. The van der Waals surface area contributed by atoms with Crippen molar-refractivity contribution in [3.05, 3.63) is 61.2 Å². The quantitative estimate of drug-likeness (QED) is 0.565. The van der Waals surface area contributed by atoms with Crippen molar-refractivity contribution < 1.29 is 14.0 Å². The molecule has 28 heavy (non-hydrogen) atoms. The molecule has 0 bridgehead atoms. The Bertz CT molecular complexity index is 965. The molecular formula is C19H15Br2ClFN3O2. The SMILES string of the molecule is O=C(Nc1c(F)cc(Br)cc1Br)N1CC(=O)N2CCc3ccc(Cl)cc3C2C1. The highest BCUT2D eigenvalue weighted by atomic mass is 79.9. The van der Waals surface area contributed by atoms with Crippen LogP contribution < -0.4 is 5.32 Å². The molecule has 0 radical (unpaired) electrons. The van der Waals surface area contributed by atoms with Gasteiger partial charge in [0.2, 0.25) is 5.91 Å². The number of fused-ring (bicyclic) bond motifs is 3. The van der Waals surface area contributed by atoms with Crippen LogP contribution in [0.5, 0.6) is 0 Å². The first-order chi connectivity index (χ1) is 13.3. The lowest BCUT2D eigenvalue weighted by Crippen LogP contribution is -2.56. The van der Waals surface area contributed by atoms with Gasteiger partial charge in [-0.2, -0.15) is 0 Å². The second-order valence-electron chi connectivity index (χ2n) is 6.75. The standard InChI is InChI=1S/C19H15Br2ClFN3O2/c20-11-5-14(21)18(15(23)6-11)24-19(28)25-8-16-13-7-12(22)2-1-10(13)3-4-26(16)17(27)9-25/h1-2,5-7,16H,3-4,8-9H2,(H,24,28). The summed E-state index contributed by atoms with van der Waals surface area (Å²) >= 11 is 12.6. The molecule has 1 fully saturated rings. The van der Waals surface area contributed by atoms with E-state index >= 15 is 0 Å². The topological polar surface area (TPSA) is 52.7 Å². The highest BCUT2D eigenvalue weighted by molar-refractivity contribution is 9.11. The first-order valence-electron chi connectivity index (χ1n) is 8.62. The van der Waals surface area contributed by atoms with Gasteiger partial charge < -0.3 is 15.1 Å². The predicted octanol–water partition coefficient (Wildman–Crippen LogP) is 4.98. The van der Waals surface area contributed by atoms with Crippen molar-refractivity contribution in [2.45, 2.75) is 12.5 Å². The van der Waals surface area contributed by atoms with E-state index in [4.69, 9.17) is 11.6 Å². The van der Waals surface area contributed by atoms with Crippen LogP contribution in [0, 0.1) is 5.82 Å². The predicted molar refractivity (Wildman–Crippen MR) is 112 cm³/mol. The van der Waals surface area contributed by atoms with Crippen molar-refractivity contribution in [1.82, 2.24) is 9.80 Å². The van der Waals surface area contributed by atoms with Gasteiger partial charge in [0.25, 0.3) is 0 Å². The van der Waals surface area contributed by atoms with Crippen molar-refractivity contribution >= 4 is 61.1 Å². The number of benzene rings is 2. The van der Waals surface area contributed by atoms with Crippen LogP contribution in [-0.2, 0) is 11.2 Å². The van der Waals surface area contributed by atoms with Crippen molar-refractivity contribution in [2.24, 2.45) is 0 Å². The van der Waals surface area contributed by atoms with Crippen molar-refractivity contribution in [2.75, 3.05) is 25.0 Å². The number of halogens is 4. The molecule has 4 rings (SSSR count). The number of carbonyl (C=O) groups is 2. The van der Waals surface area contributed by atoms with Gasteiger partial charge in [0, 0.05) is 27.1 Å². The monoisotopic (exact) mass is 529 g/mol. The molecule has 0 saturated carbocycles. The van der Waals surface area contributed by atoms with Gasteiger partial charge in [-0.1, -0.05) is 33.6 Å². The average molecular weight is 532 g/mol. The summed E-state index contributed by atoms with van der Waals surface area (Å²) in [6.45, 7) is 0.884. The van der Waals surface area contributed by atoms with Crippen LogP contribution >= 0.6 is 43.5 Å². The molecule has 2 aliphatic heterocycles. The third kappa shape index (κ3) is 3.65. The maximum atomic E-state index is 14.2. The fraction of sp³-hybridized carbons (Fsp3) is 0.263. The van der Waals surface area contributed by atoms with E-state index in [-0.39, 0.29) is 24.2 Å². The highest BCUT2D eigenvalue weighted by Gasteiger charge is 2.38. The van der Waals surface area contributed by atoms with Gasteiger partial charge >= 0.3 is 6.03 Å². The lowest BCUT2D eigenvalue weighted by atomic mass is 9.91. The molecule has 146 valence electrons. The molecule has 9 heteroatoms. The van der Waals surface area contributed by atoms with Crippen LogP contribution in [0.15, 0.2) is 39.3 Å². The second-order valence-corrected chi connectivity index (χ2v) is 8.96. The van der Waals surface area contributed by atoms with Crippen LogP contribution in [-0.4, -0.2) is 41.4 Å². The lowest BCUT2D eigenvalue weighted by molar-refractivity contribution is -0.139. The average Bonchev–Trinajstić information content (AvgIpc) is 2.64. The number of piperazine rings is 1. The Kier molecular flexibility index (Phi) is 5.37. The molecule has 5 nitrogen and oxygen atoms in total. The maximum absolute atomic E-state index is 14.2. The van der Waals surface area contributed by atoms with Crippen molar-refractivity contribution in [3.8, 4) is 0 Å². The third-order valence-electron chi connectivity index (χ3n) is 5.03. The lowest BCUT2D eigenvalue weighted by Gasteiger charge is -2.44. The highest BCUT2D eigenvalue weighted by Crippen LogP contribution is 2.35. The van der Waals surface area contributed by atoms with E-state index in [1.54, 1.807) is 11.0 Å². The number of rotatable bonds is 1. The van der Waals surface area contributed by atoms with E-state index in [2.05, 4.69) is 37.2 Å². The van der Waals surface area contributed by atoms with E-state index in [9.17, 15) is 14.0 Å². The molecule has 2 aromatic rings. The van der Waals surface area contributed by atoms with Crippen LogP contribution in [0.2, 0.25) is 5.02 Å². The van der Waals surface area contributed by atoms with E-state index in [0.717, 1.165) is 17.5 Å². The minimum absolute atomic E-state index is 0.0372.